The Morgan fingerprint density at radius 3 is 2.35 bits per heavy atom. The van der Waals surface area contributed by atoms with E-state index in [2.05, 4.69) is 10.6 Å². The zero-order valence-electron chi connectivity index (χ0n) is 11.4. The molecule has 0 aromatic heterocycles. The lowest BCUT2D eigenvalue weighted by molar-refractivity contribution is -0.384. The fourth-order valence-electron chi connectivity index (χ4n) is 1.66. The van der Waals surface area contributed by atoms with Crippen molar-refractivity contribution in [1.29, 1.82) is 0 Å². The maximum atomic E-state index is 11.9. The van der Waals surface area contributed by atoms with Crippen LogP contribution in [-0.4, -0.2) is 16.7 Å². The Hall–Kier alpha value is -2.64. The molecule has 2 rings (SSSR count). The number of carbonyl (C=O) groups is 2. The number of benzene rings is 2. The van der Waals surface area contributed by atoms with Crippen LogP contribution in [0.5, 0.6) is 0 Å². The number of nitro benzene ring substituents is 1. The van der Waals surface area contributed by atoms with Crippen LogP contribution >= 0.6 is 23.2 Å². The molecule has 0 heterocycles. The van der Waals surface area contributed by atoms with Gasteiger partial charge in [-0.15, -0.1) is 0 Å². The van der Waals surface area contributed by atoms with Crippen LogP contribution in [0.15, 0.2) is 42.5 Å². The Kier molecular flexibility index (Phi) is 5.15. The van der Waals surface area contributed by atoms with Crippen molar-refractivity contribution in [3.63, 3.8) is 0 Å². The first-order chi connectivity index (χ1) is 10.9. The summed E-state index contributed by atoms with van der Waals surface area (Å²) < 4.78 is 0. The number of anilines is 2. The highest BCUT2D eigenvalue weighted by Crippen LogP contribution is 2.26. The van der Waals surface area contributed by atoms with Crippen molar-refractivity contribution in [2.45, 2.75) is 0 Å². The zero-order chi connectivity index (χ0) is 17.0. The molecular weight excluding hydrogens is 345 g/mol. The maximum absolute atomic E-state index is 11.9. The summed E-state index contributed by atoms with van der Waals surface area (Å²) in [5, 5.41) is 15.7. The molecule has 0 fully saturated rings. The van der Waals surface area contributed by atoms with Crippen molar-refractivity contribution in [2.75, 3.05) is 10.6 Å². The zero-order valence-corrected chi connectivity index (χ0v) is 12.9. The summed E-state index contributed by atoms with van der Waals surface area (Å²) in [6.45, 7) is 0. The van der Waals surface area contributed by atoms with Crippen LogP contribution in [0.25, 0.3) is 0 Å². The summed E-state index contributed by atoms with van der Waals surface area (Å²) in [5.74, 6) is -1.98. The number of halogens is 2. The molecule has 2 aromatic carbocycles. The summed E-state index contributed by atoms with van der Waals surface area (Å²) in [4.78, 5) is 33.7. The highest BCUT2D eigenvalue weighted by molar-refractivity contribution is 6.45. The molecule has 2 aromatic rings. The molecule has 0 saturated heterocycles. The van der Waals surface area contributed by atoms with Crippen LogP contribution in [0.2, 0.25) is 10.0 Å². The Bertz CT molecular complexity index is 795. The maximum Gasteiger partial charge on any atom is 0.314 e. The number of amides is 2. The van der Waals surface area contributed by atoms with E-state index in [1.807, 2.05) is 0 Å². The highest BCUT2D eigenvalue weighted by atomic mass is 35.5. The van der Waals surface area contributed by atoms with Crippen molar-refractivity contribution in [3.8, 4) is 0 Å². The van der Waals surface area contributed by atoms with Gasteiger partial charge < -0.3 is 10.6 Å². The van der Waals surface area contributed by atoms with Gasteiger partial charge in [-0.25, -0.2) is 0 Å². The van der Waals surface area contributed by atoms with Crippen LogP contribution in [0.3, 0.4) is 0 Å². The van der Waals surface area contributed by atoms with E-state index in [-0.39, 0.29) is 16.4 Å². The van der Waals surface area contributed by atoms with E-state index < -0.39 is 16.7 Å². The van der Waals surface area contributed by atoms with Crippen LogP contribution in [0.1, 0.15) is 0 Å². The Morgan fingerprint density at radius 1 is 1.00 bits per heavy atom. The molecule has 0 spiro atoms. The molecule has 0 unspecified atom stereocenters. The predicted molar refractivity (Wildman–Crippen MR) is 86.8 cm³/mol. The molecule has 0 aliphatic heterocycles. The van der Waals surface area contributed by atoms with Gasteiger partial charge in [0, 0.05) is 22.8 Å². The van der Waals surface area contributed by atoms with Crippen LogP contribution in [0.4, 0.5) is 17.1 Å². The number of hydrogen-bond donors (Lipinski definition) is 2. The Balaban J connectivity index is 2.11. The molecule has 2 amide bonds. The van der Waals surface area contributed by atoms with E-state index in [4.69, 9.17) is 23.2 Å². The monoisotopic (exact) mass is 353 g/mol. The lowest BCUT2D eigenvalue weighted by Gasteiger charge is -2.08. The topological polar surface area (TPSA) is 101 Å². The molecule has 0 atom stereocenters. The Labute approximate surface area is 140 Å². The SMILES string of the molecule is O=C(Nc1cccc(Cl)c1)C(=O)Nc1cc([N+](=O)[O-])ccc1Cl. The second kappa shape index (κ2) is 7.08. The third kappa shape index (κ3) is 4.41. The fourth-order valence-corrected chi connectivity index (χ4v) is 2.01. The minimum Gasteiger partial charge on any atom is -0.318 e. The molecule has 0 aliphatic carbocycles. The van der Waals surface area contributed by atoms with Crippen LogP contribution in [-0.2, 0) is 9.59 Å². The summed E-state index contributed by atoms with van der Waals surface area (Å²) in [5.41, 5.74) is 0.0369. The smallest absolute Gasteiger partial charge is 0.314 e. The van der Waals surface area contributed by atoms with E-state index in [1.54, 1.807) is 18.2 Å². The lowest BCUT2D eigenvalue weighted by Crippen LogP contribution is -2.29. The first-order valence-corrected chi connectivity index (χ1v) is 6.94. The van der Waals surface area contributed by atoms with Crippen LogP contribution in [0, 0.1) is 10.1 Å². The van der Waals surface area contributed by atoms with Crippen molar-refractivity contribution >= 4 is 52.1 Å². The van der Waals surface area contributed by atoms with Crippen molar-refractivity contribution in [2.24, 2.45) is 0 Å². The van der Waals surface area contributed by atoms with Gasteiger partial charge in [0.1, 0.15) is 0 Å². The summed E-state index contributed by atoms with van der Waals surface area (Å²) in [6, 6.07) is 9.74. The molecule has 0 aliphatic rings. The number of nitrogens with one attached hydrogen (secondary N) is 2. The minimum absolute atomic E-state index is 0.0351. The fraction of sp³-hybridized carbons (Fsp3) is 0. The number of rotatable bonds is 3. The van der Waals surface area contributed by atoms with Gasteiger partial charge in [0.05, 0.1) is 15.6 Å². The quantitative estimate of drug-likeness (QED) is 0.500. The van der Waals surface area contributed by atoms with Gasteiger partial charge in [0.2, 0.25) is 0 Å². The number of hydrogen-bond acceptors (Lipinski definition) is 4. The normalized spacial score (nSPS) is 10.0. The van der Waals surface area contributed by atoms with Gasteiger partial charge in [-0.3, -0.25) is 19.7 Å². The van der Waals surface area contributed by atoms with Gasteiger partial charge in [-0.2, -0.15) is 0 Å². The number of carbonyl (C=O) groups excluding carboxylic acids is 2. The molecule has 2 N–H and O–H groups in total. The number of non-ortho nitro benzene ring substituents is 1. The van der Waals surface area contributed by atoms with Gasteiger partial charge in [0.25, 0.3) is 5.69 Å². The molecular formula is C14H9Cl2N3O4. The second-order valence-corrected chi connectivity index (χ2v) is 5.18. The van der Waals surface area contributed by atoms with E-state index in [0.717, 1.165) is 6.07 Å². The van der Waals surface area contributed by atoms with Crippen molar-refractivity contribution in [1.82, 2.24) is 0 Å². The van der Waals surface area contributed by atoms with E-state index >= 15 is 0 Å². The minimum atomic E-state index is -1.02. The lowest BCUT2D eigenvalue weighted by atomic mass is 10.2. The van der Waals surface area contributed by atoms with E-state index in [9.17, 15) is 19.7 Å². The predicted octanol–water partition coefficient (Wildman–Crippen LogP) is 3.48. The summed E-state index contributed by atoms with van der Waals surface area (Å²) in [6.07, 6.45) is 0. The molecule has 0 bridgehead atoms. The molecule has 0 saturated carbocycles. The van der Waals surface area contributed by atoms with Crippen molar-refractivity contribution < 1.29 is 14.5 Å². The van der Waals surface area contributed by atoms with Crippen molar-refractivity contribution in [3.05, 3.63) is 62.6 Å². The Morgan fingerprint density at radius 2 is 1.70 bits per heavy atom. The molecule has 118 valence electrons. The molecule has 9 heteroatoms. The highest BCUT2D eigenvalue weighted by Gasteiger charge is 2.17. The van der Waals surface area contributed by atoms with E-state index in [1.165, 1.54) is 18.2 Å². The summed E-state index contributed by atoms with van der Waals surface area (Å²) in [7, 11) is 0. The van der Waals surface area contributed by atoms with E-state index in [0.29, 0.717) is 10.7 Å². The average molecular weight is 354 g/mol. The van der Waals surface area contributed by atoms with Gasteiger partial charge >= 0.3 is 11.8 Å². The summed E-state index contributed by atoms with van der Waals surface area (Å²) >= 11 is 11.6. The first kappa shape index (κ1) is 16.7. The average Bonchev–Trinajstić information content (AvgIpc) is 2.49. The largest absolute Gasteiger partial charge is 0.318 e. The molecule has 23 heavy (non-hydrogen) atoms. The third-order valence-corrected chi connectivity index (χ3v) is 3.26. The van der Waals surface area contributed by atoms with Crippen LogP contribution < -0.4 is 10.6 Å². The second-order valence-electron chi connectivity index (χ2n) is 4.34. The molecule has 0 radical (unpaired) electrons. The third-order valence-electron chi connectivity index (χ3n) is 2.70. The first-order valence-electron chi connectivity index (χ1n) is 6.18. The van der Waals surface area contributed by atoms with Gasteiger partial charge in [-0.05, 0) is 24.3 Å². The number of nitrogens with zero attached hydrogens (tertiary/aromatic N) is 1. The molecule has 7 nitrogen and oxygen atoms in total. The number of nitro groups is 1. The van der Waals surface area contributed by atoms with Gasteiger partial charge in [0.15, 0.2) is 0 Å². The van der Waals surface area contributed by atoms with Gasteiger partial charge in [-0.1, -0.05) is 29.3 Å². The standard InChI is InChI=1S/C14H9Cl2N3O4/c15-8-2-1-3-9(6-8)17-13(20)14(21)18-12-7-10(19(22)23)4-5-11(12)16/h1-7H,(H,17,20)(H,18,21).